The monoisotopic (exact) mass is 221 g/mol. The van der Waals surface area contributed by atoms with Gasteiger partial charge in [-0.1, -0.05) is 30.3 Å². The van der Waals surface area contributed by atoms with Crippen LogP contribution in [0.5, 0.6) is 0 Å². The van der Waals surface area contributed by atoms with E-state index in [1.807, 2.05) is 6.07 Å². The highest BCUT2D eigenvalue weighted by atomic mass is 16.5. The molecule has 0 saturated carbocycles. The van der Waals surface area contributed by atoms with Crippen molar-refractivity contribution in [3.8, 4) is 23.7 Å². The van der Waals surface area contributed by atoms with Crippen LogP contribution in [0.3, 0.4) is 0 Å². The SMILES string of the molecule is C1#CC(=C2N[C@H](Cc3ccccc3)CO2)C#C1. The number of hydrogen-bond acceptors (Lipinski definition) is 2. The zero-order valence-electron chi connectivity index (χ0n) is 9.29. The molecule has 0 bridgehead atoms. The van der Waals surface area contributed by atoms with Gasteiger partial charge in [-0.25, -0.2) is 0 Å². The summed E-state index contributed by atoms with van der Waals surface area (Å²) in [5.74, 6) is 12.0. The van der Waals surface area contributed by atoms with E-state index in [0.717, 1.165) is 17.9 Å². The lowest BCUT2D eigenvalue weighted by molar-refractivity contribution is 0.253. The summed E-state index contributed by atoms with van der Waals surface area (Å²) in [6, 6.07) is 10.7. The van der Waals surface area contributed by atoms with Crippen molar-refractivity contribution >= 4 is 0 Å². The Morgan fingerprint density at radius 2 is 1.94 bits per heavy atom. The Morgan fingerprint density at radius 3 is 2.71 bits per heavy atom. The number of allylic oxidation sites excluding steroid dienone is 1. The molecule has 3 rings (SSSR count). The van der Waals surface area contributed by atoms with E-state index in [9.17, 15) is 0 Å². The third-order valence-corrected chi connectivity index (χ3v) is 2.75. The lowest BCUT2D eigenvalue weighted by atomic mass is 10.1. The number of hydrogen-bond donors (Lipinski definition) is 1. The zero-order valence-corrected chi connectivity index (χ0v) is 9.29. The highest BCUT2D eigenvalue weighted by Crippen LogP contribution is 2.15. The molecule has 0 aromatic heterocycles. The average Bonchev–Trinajstić information content (AvgIpc) is 3.00. The van der Waals surface area contributed by atoms with Crippen molar-refractivity contribution in [1.29, 1.82) is 0 Å². The Balaban J connectivity index is 1.69. The molecule has 82 valence electrons. The molecule has 1 aliphatic carbocycles. The van der Waals surface area contributed by atoms with Gasteiger partial charge in [0.05, 0.1) is 6.04 Å². The predicted octanol–water partition coefficient (Wildman–Crippen LogP) is 1.45. The second-order valence-corrected chi connectivity index (χ2v) is 4.05. The molecule has 1 atom stereocenters. The maximum absolute atomic E-state index is 5.59. The van der Waals surface area contributed by atoms with Crippen molar-refractivity contribution in [2.75, 3.05) is 6.61 Å². The first kappa shape index (κ1) is 9.87. The van der Waals surface area contributed by atoms with E-state index in [4.69, 9.17) is 4.74 Å². The first-order valence-electron chi connectivity index (χ1n) is 5.61. The molecule has 0 amide bonds. The minimum atomic E-state index is 0.309. The molecule has 2 heteroatoms. The van der Waals surface area contributed by atoms with Crippen molar-refractivity contribution in [3.63, 3.8) is 0 Å². The summed E-state index contributed by atoms with van der Waals surface area (Å²) in [7, 11) is 0. The van der Waals surface area contributed by atoms with Crippen LogP contribution >= 0.6 is 0 Å². The van der Waals surface area contributed by atoms with Gasteiger partial charge in [0.15, 0.2) is 0 Å². The summed E-state index contributed by atoms with van der Waals surface area (Å²) in [5, 5.41) is 3.33. The molecule has 1 fully saturated rings. The minimum absolute atomic E-state index is 0.309. The number of benzene rings is 1. The molecule has 2 nitrogen and oxygen atoms in total. The molecule has 1 saturated heterocycles. The van der Waals surface area contributed by atoms with Crippen molar-refractivity contribution in [2.45, 2.75) is 12.5 Å². The van der Waals surface area contributed by atoms with Gasteiger partial charge < -0.3 is 10.1 Å². The van der Waals surface area contributed by atoms with Gasteiger partial charge in [0.2, 0.25) is 5.88 Å². The van der Waals surface area contributed by atoms with Crippen LogP contribution in [0.1, 0.15) is 5.56 Å². The minimum Gasteiger partial charge on any atom is -0.476 e. The summed E-state index contributed by atoms with van der Waals surface area (Å²) in [6.07, 6.45) is 0.957. The van der Waals surface area contributed by atoms with Gasteiger partial charge in [0.1, 0.15) is 12.2 Å². The van der Waals surface area contributed by atoms with E-state index < -0.39 is 0 Å². The lowest BCUT2D eigenvalue weighted by Crippen LogP contribution is -2.25. The molecule has 17 heavy (non-hydrogen) atoms. The fourth-order valence-electron chi connectivity index (χ4n) is 1.94. The Hall–Kier alpha value is -2.32. The van der Waals surface area contributed by atoms with Crippen LogP contribution in [-0.2, 0) is 11.2 Å². The Kier molecular flexibility index (Phi) is 2.48. The van der Waals surface area contributed by atoms with Crippen LogP contribution in [0.4, 0.5) is 0 Å². The second-order valence-electron chi connectivity index (χ2n) is 4.05. The summed E-state index contributed by atoms with van der Waals surface area (Å²) in [6.45, 7) is 0.678. The van der Waals surface area contributed by atoms with E-state index in [1.54, 1.807) is 0 Å². The molecular formula is C15H11NO. The molecular weight excluding hydrogens is 210 g/mol. The van der Waals surface area contributed by atoms with Crippen molar-refractivity contribution in [2.24, 2.45) is 0 Å². The van der Waals surface area contributed by atoms with E-state index in [2.05, 4.69) is 53.3 Å². The smallest absolute Gasteiger partial charge is 0.212 e. The molecule has 1 N–H and O–H groups in total. The first-order valence-corrected chi connectivity index (χ1v) is 5.61. The molecule has 0 unspecified atom stereocenters. The Bertz CT molecular complexity index is 556. The van der Waals surface area contributed by atoms with Crippen molar-refractivity contribution in [3.05, 3.63) is 47.4 Å². The highest BCUT2D eigenvalue weighted by Gasteiger charge is 2.22. The lowest BCUT2D eigenvalue weighted by Gasteiger charge is -2.07. The number of rotatable bonds is 2. The topological polar surface area (TPSA) is 21.3 Å². The van der Waals surface area contributed by atoms with Gasteiger partial charge in [0, 0.05) is 0 Å². The van der Waals surface area contributed by atoms with Gasteiger partial charge in [0.25, 0.3) is 0 Å². The molecule has 2 aliphatic rings. The zero-order chi connectivity index (χ0) is 11.5. The normalized spacial score (nSPS) is 19.9. The maximum Gasteiger partial charge on any atom is 0.212 e. The maximum atomic E-state index is 5.59. The fraction of sp³-hybridized carbons (Fsp3) is 0.200. The van der Waals surface area contributed by atoms with Crippen LogP contribution in [0.15, 0.2) is 41.8 Å². The summed E-state index contributed by atoms with van der Waals surface area (Å²) in [5.41, 5.74) is 2.09. The van der Waals surface area contributed by atoms with Crippen molar-refractivity contribution in [1.82, 2.24) is 5.32 Å². The van der Waals surface area contributed by atoms with E-state index in [-0.39, 0.29) is 0 Å². The molecule has 0 radical (unpaired) electrons. The van der Waals surface area contributed by atoms with Crippen LogP contribution in [0.25, 0.3) is 0 Å². The van der Waals surface area contributed by atoms with E-state index in [0.29, 0.717) is 12.6 Å². The molecule has 1 heterocycles. The van der Waals surface area contributed by atoms with E-state index in [1.165, 1.54) is 5.56 Å². The molecule has 0 spiro atoms. The van der Waals surface area contributed by atoms with Gasteiger partial charge in [-0.2, -0.15) is 0 Å². The molecule has 1 aromatic rings. The van der Waals surface area contributed by atoms with Crippen LogP contribution < -0.4 is 5.32 Å². The standard InChI is InChI=1S/C15H11NO/c1-2-6-12(7-3-1)10-14-11-17-15(16-14)13-8-4-5-9-13/h1-3,6-7,14,16H,10-11H2/t14-/m1/s1. The number of ether oxygens (including phenoxy) is 1. The summed E-state index contributed by atoms with van der Waals surface area (Å²) >= 11 is 0. The number of nitrogens with one attached hydrogen (secondary N) is 1. The van der Waals surface area contributed by atoms with E-state index >= 15 is 0 Å². The highest BCUT2D eigenvalue weighted by molar-refractivity contribution is 5.57. The molecule has 1 aliphatic heterocycles. The fourth-order valence-corrected chi connectivity index (χ4v) is 1.94. The largest absolute Gasteiger partial charge is 0.476 e. The summed E-state index contributed by atoms with van der Waals surface area (Å²) < 4.78 is 5.59. The quantitative estimate of drug-likeness (QED) is 0.763. The first-order chi connectivity index (χ1) is 8.42. The van der Waals surface area contributed by atoms with Crippen molar-refractivity contribution < 1.29 is 4.74 Å². The van der Waals surface area contributed by atoms with Crippen LogP contribution in [0, 0.1) is 23.7 Å². The van der Waals surface area contributed by atoms with Gasteiger partial charge >= 0.3 is 0 Å². The third-order valence-electron chi connectivity index (χ3n) is 2.75. The second kappa shape index (κ2) is 4.28. The average molecular weight is 221 g/mol. The van der Waals surface area contributed by atoms with Gasteiger partial charge in [-0.3, -0.25) is 0 Å². The van der Waals surface area contributed by atoms with Gasteiger partial charge in [-0.05, 0) is 35.7 Å². The van der Waals surface area contributed by atoms with Crippen LogP contribution in [0.2, 0.25) is 0 Å². The van der Waals surface area contributed by atoms with Gasteiger partial charge in [-0.15, -0.1) is 0 Å². The Labute approximate surface area is 101 Å². The Morgan fingerprint density at radius 1 is 1.18 bits per heavy atom. The predicted molar refractivity (Wildman–Crippen MR) is 65.6 cm³/mol. The molecule has 1 aromatic carbocycles. The summed E-state index contributed by atoms with van der Waals surface area (Å²) in [4.78, 5) is 0. The third kappa shape index (κ3) is 2.12. The van der Waals surface area contributed by atoms with Crippen LogP contribution in [-0.4, -0.2) is 12.6 Å².